The molecule has 0 saturated carbocycles. The molecule has 0 fully saturated rings. The van der Waals surface area contributed by atoms with E-state index in [1.54, 1.807) is 23.3 Å². The summed E-state index contributed by atoms with van der Waals surface area (Å²) in [4.78, 5) is 20.5. The van der Waals surface area contributed by atoms with Crippen LogP contribution >= 0.6 is 11.3 Å². The Morgan fingerprint density at radius 1 is 1.04 bits per heavy atom. The van der Waals surface area contributed by atoms with Crippen LogP contribution in [0.4, 0.5) is 5.69 Å². The van der Waals surface area contributed by atoms with Gasteiger partial charge in [-0.3, -0.25) is 9.69 Å². The Bertz CT molecular complexity index is 1020. The number of methoxy groups -OCH3 is 1. The first-order valence-electron chi connectivity index (χ1n) is 8.55. The highest BCUT2D eigenvalue weighted by molar-refractivity contribution is 7.10. The highest BCUT2D eigenvalue weighted by Gasteiger charge is 2.32. The predicted octanol–water partition coefficient (Wildman–Crippen LogP) is 4.90. The third-order valence-electron chi connectivity index (χ3n) is 4.32. The van der Waals surface area contributed by atoms with Crippen LogP contribution in [-0.4, -0.2) is 18.9 Å². The first kappa shape index (κ1) is 17.2. The van der Waals surface area contributed by atoms with E-state index in [-0.39, 0.29) is 5.91 Å². The molecule has 27 heavy (non-hydrogen) atoms. The highest BCUT2D eigenvalue weighted by atomic mass is 32.1. The van der Waals surface area contributed by atoms with Gasteiger partial charge in [-0.15, -0.1) is 11.3 Å². The molecule has 0 N–H and O–H groups in total. The second-order valence-corrected chi connectivity index (χ2v) is 7.16. The van der Waals surface area contributed by atoms with Gasteiger partial charge in [0.1, 0.15) is 17.3 Å². The normalized spacial score (nSPS) is 15.3. The fourth-order valence-electron chi connectivity index (χ4n) is 2.89. The fourth-order valence-corrected chi connectivity index (χ4v) is 3.54. The number of benzene rings is 2. The minimum Gasteiger partial charge on any atom is -0.497 e. The number of amidine groups is 1. The number of anilines is 1. The monoisotopic (exact) mass is 374 g/mol. The molecule has 5 heteroatoms. The molecule has 0 radical (unpaired) electrons. The second kappa shape index (κ2) is 7.21. The lowest BCUT2D eigenvalue weighted by Gasteiger charge is -2.19. The van der Waals surface area contributed by atoms with Crippen LogP contribution in [0.5, 0.6) is 5.75 Å². The van der Waals surface area contributed by atoms with Crippen molar-refractivity contribution in [3.8, 4) is 5.75 Å². The number of hydrogen-bond donors (Lipinski definition) is 0. The zero-order valence-electron chi connectivity index (χ0n) is 15.0. The quantitative estimate of drug-likeness (QED) is 0.610. The van der Waals surface area contributed by atoms with Crippen molar-refractivity contribution in [2.45, 2.75) is 6.92 Å². The molecule has 0 bridgehead atoms. The molecule has 1 aliphatic heterocycles. The molecule has 2 heterocycles. The van der Waals surface area contributed by atoms with Gasteiger partial charge in [-0.05, 0) is 60.8 Å². The summed E-state index contributed by atoms with van der Waals surface area (Å²) in [5, 5.41) is 1.98. The predicted molar refractivity (Wildman–Crippen MR) is 110 cm³/mol. The van der Waals surface area contributed by atoms with Crippen LogP contribution in [0.15, 0.2) is 76.7 Å². The molecule has 0 saturated heterocycles. The van der Waals surface area contributed by atoms with E-state index in [9.17, 15) is 4.79 Å². The summed E-state index contributed by atoms with van der Waals surface area (Å²) in [5.41, 5.74) is 3.24. The molecule has 1 amide bonds. The molecular formula is C22H18N2O2S. The minimum absolute atomic E-state index is 0.127. The number of aliphatic imine (C=N–C) groups is 1. The maximum atomic E-state index is 13.1. The number of carbonyl (C=O) groups excluding carboxylic acids is 1. The highest BCUT2D eigenvalue weighted by Crippen LogP contribution is 2.29. The fraction of sp³-hybridized carbons (Fsp3) is 0.0909. The zero-order valence-corrected chi connectivity index (χ0v) is 15.9. The van der Waals surface area contributed by atoms with Crippen molar-refractivity contribution in [1.82, 2.24) is 0 Å². The van der Waals surface area contributed by atoms with E-state index in [1.165, 1.54) is 0 Å². The molecule has 1 aliphatic rings. The molecular weight excluding hydrogens is 356 g/mol. The van der Waals surface area contributed by atoms with Crippen molar-refractivity contribution < 1.29 is 9.53 Å². The van der Waals surface area contributed by atoms with E-state index in [0.717, 1.165) is 27.4 Å². The second-order valence-electron chi connectivity index (χ2n) is 6.19. The standard InChI is InChI=1S/C22H18N2O2S/c1-15-5-9-17(10-6-15)24-21(16-7-11-18(26-2)12-8-16)23-20(22(24)25)14-19-4-3-13-27-19/h3-14H,1-2H3/b20-14+. The van der Waals surface area contributed by atoms with Crippen molar-refractivity contribution >= 4 is 34.8 Å². The smallest absolute Gasteiger partial charge is 0.282 e. The van der Waals surface area contributed by atoms with Gasteiger partial charge in [-0.1, -0.05) is 23.8 Å². The van der Waals surface area contributed by atoms with Crippen molar-refractivity contribution in [3.63, 3.8) is 0 Å². The molecule has 4 rings (SSSR count). The van der Waals surface area contributed by atoms with Gasteiger partial charge in [0.2, 0.25) is 0 Å². The van der Waals surface area contributed by atoms with Crippen LogP contribution in [0.3, 0.4) is 0 Å². The summed E-state index contributed by atoms with van der Waals surface area (Å²) in [6.45, 7) is 2.02. The first-order chi connectivity index (χ1) is 13.2. The summed E-state index contributed by atoms with van der Waals surface area (Å²) in [6, 6.07) is 19.4. The lowest BCUT2D eigenvalue weighted by atomic mass is 10.1. The molecule has 0 aliphatic carbocycles. The van der Waals surface area contributed by atoms with Crippen molar-refractivity contribution in [2.24, 2.45) is 4.99 Å². The lowest BCUT2D eigenvalue weighted by Crippen LogP contribution is -2.32. The van der Waals surface area contributed by atoms with E-state index in [4.69, 9.17) is 4.74 Å². The number of thiophene rings is 1. The largest absolute Gasteiger partial charge is 0.497 e. The topological polar surface area (TPSA) is 41.9 Å². The van der Waals surface area contributed by atoms with E-state index in [2.05, 4.69) is 4.99 Å². The summed E-state index contributed by atoms with van der Waals surface area (Å²) in [7, 11) is 1.63. The van der Waals surface area contributed by atoms with E-state index in [1.807, 2.05) is 79.0 Å². The molecule has 0 unspecified atom stereocenters. The van der Waals surface area contributed by atoms with Crippen molar-refractivity contribution in [2.75, 3.05) is 12.0 Å². The van der Waals surface area contributed by atoms with Crippen LogP contribution < -0.4 is 9.64 Å². The summed E-state index contributed by atoms with van der Waals surface area (Å²) in [5.74, 6) is 1.26. The Morgan fingerprint density at radius 2 is 1.78 bits per heavy atom. The molecule has 0 atom stereocenters. The summed E-state index contributed by atoms with van der Waals surface area (Å²) < 4.78 is 5.24. The molecule has 2 aromatic carbocycles. The molecule has 134 valence electrons. The Morgan fingerprint density at radius 3 is 2.41 bits per heavy atom. The maximum absolute atomic E-state index is 13.1. The number of aryl methyl sites for hydroxylation is 1. The zero-order chi connectivity index (χ0) is 18.8. The third kappa shape index (κ3) is 3.41. The van der Waals surface area contributed by atoms with Gasteiger partial charge in [0, 0.05) is 10.4 Å². The number of hydrogen-bond acceptors (Lipinski definition) is 4. The van der Waals surface area contributed by atoms with Gasteiger partial charge in [-0.2, -0.15) is 0 Å². The Hall–Kier alpha value is -3.18. The molecule has 4 nitrogen and oxygen atoms in total. The van der Waals surface area contributed by atoms with Gasteiger partial charge >= 0.3 is 0 Å². The van der Waals surface area contributed by atoms with Crippen LogP contribution in [0.2, 0.25) is 0 Å². The minimum atomic E-state index is -0.127. The van der Waals surface area contributed by atoms with Crippen LogP contribution in [0.25, 0.3) is 6.08 Å². The van der Waals surface area contributed by atoms with Crippen molar-refractivity contribution in [1.29, 1.82) is 0 Å². The van der Waals surface area contributed by atoms with E-state index < -0.39 is 0 Å². The number of rotatable bonds is 4. The molecule has 0 spiro atoms. The van der Waals surface area contributed by atoms with Crippen LogP contribution in [0.1, 0.15) is 16.0 Å². The lowest BCUT2D eigenvalue weighted by molar-refractivity contribution is -0.113. The van der Waals surface area contributed by atoms with Gasteiger partial charge < -0.3 is 4.74 Å². The Kier molecular flexibility index (Phi) is 4.60. The Balaban J connectivity index is 1.80. The summed E-state index contributed by atoms with van der Waals surface area (Å²) in [6.07, 6.45) is 1.84. The number of amides is 1. The van der Waals surface area contributed by atoms with Gasteiger partial charge in [0.05, 0.1) is 12.8 Å². The van der Waals surface area contributed by atoms with Gasteiger partial charge in [0.25, 0.3) is 5.91 Å². The van der Waals surface area contributed by atoms with Gasteiger partial charge in [-0.25, -0.2) is 4.99 Å². The molecule has 3 aromatic rings. The average molecular weight is 374 g/mol. The van der Waals surface area contributed by atoms with Crippen LogP contribution in [0, 0.1) is 6.92 Å². The number of ether oxygens (including phenoxy) is 1. The third-order valence-corrected chi connectivity index (χ3v) is 5.14. The Labute approximate surface area is 162 Å². The maximum Gasteiger partial charge on any atom is 0.282 e. The summed E-state index contributed by atoms with van der Waals surface area (Å²) >= 11 is 1.58. The first-order valence-corrected chi connectivity index (χ1v) is 9.43. The molecule has 1 aromatic heterocycles. The van der Waals surface area contributed by atoms with Gasteiger partial charge in [0.15, 0.2) is 0 Å². The van der Waals surface area contributed by atoms with E-state index >= 15 is 0 Å². The van der Waals surface area contributed by atoms with E-state index in [0.29, 0.717) is 11.5 Å². The average Bonchev–Trinajstić information content (AvgIpc) is 3.32. The SMILES string of the molecule is COc1ccc(C2=N/C(=C/c3cccs3)C(=O)N2c2ccc(C)cc2)cc1. The number of carbonyl (C=O) groups is 1. The number of nitrogens with zero attached hydrogens (tertiary/aromatic N) is 2. The van der Waals surface area contributed by atoms with Crippen LogP contribution in [-0.2, 0) is 4.79 Å². The van der Waals surface area contributed by atoms with Crippen molar-refractivity contribution in [3.05, 3.63) is 87.7 Å².